The molecule has 1 aromatic carbocycles. The van der Waals surface area contributed by atoms with Gasteiger partial charge in [0.2, 0.25) is 0 Å². The lowest BCUT2D eigenvalue weighted by molar-refractivity contribution is 0.347. The molecule has 1 aliphatic heterocycles. The second-order valence-electron chi connectivity index (χ2n) is 5.56. The van der Waals surface area contributed by atoms with E-state index in [-0.39, 0.29) is 0 Å². The molecule has 0 amide bonds. The van der Waals surface area contributed by atoms with Gasteiger partial charge in [0.1, 0.15) is 0 Å². The van der Waals surface area contributed by atoms with Crippen LogP contribution in [0.5, 0.6) is 0 Å². The third-order valence-electron chi connectivity index (χ3n) is 4.12. The van der Waals surface area contributed by atoms with Crippen LogP contribution in [0.2, 0.25) is 0 Å². The summed E-state index contributed by atoms with van der Waals surface area (Å²) in [4.78, 5) is 0. The lowest BCUT2D eigenvalue weighted by Crippen LogP contribution is -2.37. The van der Waals surface area contributed by atoms with E-state index >= 15 is 0 Å². The minimum atomic E-state index is 0.376. The molecule has 0 bridgehead atoms. The highest BCUT2D eigenvalue weighted by atomic mass is 14.9. The highest BCUT2D eigenvalue weighted by molar-refractivity contribution is 5.45. The first-order valence-electron chi connectivity index (χ1n) is 6.04. The van der Waals surface area contributed by atoms with Crippen molar-refractivity contribution in [1.29, 1.82) is 0 Å². The SMILES string of the molecule is CC1(C)CCC2NCCc3cccc1c32. The van der Waals surface area contributed by atoms with Crippen molar-refractivity contribution in [3.8, 4) is 0 Å². The summed E-state index contributed by atoms with van der Waals surface area (Å²) in [6.45, 7) is 5.92. The monoisotopic (exact) mass is 201 g/mol. The fraction of sp³-hybridized carbons (Fsp3) is 0.571. The first-order chi connectivity index (χ1) is 7.18. The van der Waals surface area contributed by atoms with Crippen LogP contribution in [0, 0.1) is 0 Å². The summed E-state index contributed by atoms with van der Waals surface area (Å²) in [5.41, 5.74) is 5.17. The van der Waals surface area contributed by atoms with E-state index in [2.05, 4.69) is 37.4 Å². The van der Waals surface area contributed by atoms with Crippen LogP contribution in [0.25, 0.3) is 0 Å². The van der Waals surface area contributed by atoms with Crippen molar-refractivity contribution in [2.45, 2.75) is 44.6 Å². The average molecular weight is 201 g/mol. The molecule has 2 aliphatic rings. The second kappa shape index (κ2) is 3.08. The van der Waals surface area contributed by atoms with E-state index in [9.17, 15) is 0 Å². The van der Waals surface area contributed by atoms with Crippen LogP contribution in [-0.4, -0.2) is 6.54 Å². The maximum atomic E-state index is 3.65. The molecule has 1 heterocycles. The average Bonchev–Trinajstić information content (AvgIpc) is 2.24. The third-order valence-corrected chi connectivity index (χ3v) is 4.12. The predicted octanol–water partition coefficient (Wildman–Crippen LogP) is 2.94. The number of hydrogen-bond acceptors (Lipinski definition) is 1. The topological polar surface area (TPSA) is 12.0 Å². The standard InChI is InChI=1S/C14H19N/c1-14(2)8-6-12-13-10(7-9-15-12)4-3-5-11(13)14/h3-5,12,15H,6-9H2,1-2H3. The Morgan fingerprint density at radius 3 is 3.07 bits per heavy atom. The van der Waals surface area contributed by atoms with Crippen LogP contribution in [0.15, 0.2) is 18.2 Å². The maximum absolute atomic E-state index is 3.65. The molecule has 1 atom stereocenters. The van der Waals surface area contributed by atoms with Gasteiger partial charge in [-0.1, -0.05) is 32.0 Å². The Hall–Kier alpha value is -0.820. The molecule has 1 nitrogen and oxygen atoms in total. The summed E-state index contributed by atoms with van der Waals surface area (Å²) in [5.74, 6) is 0. The van der Waals surface area contributed by atoms with E-state index in [4.69, 9.17) is 0 Å². The van der Waals surface area contributed by atoms with E-state index < -0.39 is 0 Å². The molecular formula is C14H19N. The van der Waals surface area contributed by atoms with Gasteiger partial charge < -0.3 is 5.32 Å². The molecule has 15 heavy (non-hydrogen) atoms. The maximum Gasteiger partial charge on any atom is 0.0326 e. The van der Waals surface area contributed by atoms with Gasteiger partial charge in [0.25, 0.3) is 0 Å². The van der Waals surface area contributed by atoms with Crippen molar-refractivity contribution in [1.82, 2.24) is 5.32 Å². The van der Waals surface area contributed by atoms with Crippen LogP contribution < -0.4 is 5.32 Å². The van der Waals surface area contributed by atoms with Gasteiger partial charge in [-0.2, -0.15) is 0 Å². The van der Waals surface area contributed by atoms with Crippen LogP contribution >= 0.6 is 0 Å². The molecule has 0 saturated heterocycles. The Morgan fingerprint density at radius 1 is 1.33 bits per heavy atom. The lowest BCUT2D eigenvalue weighted by Gasteiger charge is -2.41. The summed E-state index contributed by atoms with van der Waals surface area (Å²) in [6, 6.07) is 7.52. The summed E-state index contributed by atoms with van der Waals surface area (Å²) >= 11 is 0. The number of benzene rings is 1. The van der Waals surface area contributed by atoms with Crippen molar-refractivity contribution < 1.29 is 0 Å². The minimum Gasteiger partial charge on any atom is -0.310 e. The molecule has 0 spiro atoms. The van der Waals surface area contributed by atoms with Crippen LogP contribution in [0.3, 0.4) is 0 Å². The molecule has 0 fully saturated rings. The molecule has 1 heteroatoms. The predicted molar refractivity (Wildman–Crippen MR) is 63.1 cm³/mol. The zero-order valence-corrected chi connectivity index (χ0v) is 9.64. The second-order valence-corrected chi connectivity index (χ2v) is 5.56. The van der Waals surface area contributed by atoms with Crippen LogP contribution in [0.4, 0.5) is 0 Å². The summed E-state index contributed by atoms with van der Waals surface area (Å²) in [6.07, 6.45) is 3.81. The Bertz CT molecular complexity index is 392. The van der Waals surface area contributed by atoms with Gasteiger partial charge in [0.05, 0.1) is 0 Å². The summed E-state index contributed by atoms with van der Waals surface area (Å²) < 4.78 is 0. The summed E-state index contributed by atoms with van der Waals surface area (Å²) in [5, 5.41) is 3.65. The van der Waals surface area contributed by atoms with E-state index in [0.29, 0.717) is 11.5 Å². The van der Waals surface area contributed by atoms with E-state index in [1.165, 1.54) is 19.3 Å². The molecule has 0 saturated carbocycles. The molecule has 1 aliphatic carbocycles. The van der Waals surface area contributed by atoms with Crippen LogP contribution in [-0.2, 0) is 11.8 Å². The van der Waals surface area contributed by atoms with Crippen molar-refractivity contribution in [3.63, 3.8) is 0 Å². The van der Waals surface area contributed by atoms with Gasteiger partial charge in [-0.25, -0.2) is 0 Å². The normalized spacial score (nSPS) is 27.2. The van der Waals surface area contributed by atoms with Crippen molar-refractivity contribution >= 4 is 0 Å². The molecule has 1 aromatic rings. The van der Waals surface area contributed by atoms with Gasteiger partial charge >= 0.3 is 0 Å². The Kier molecular flexibility index (Phi) is 1.93. The first kappa shape index (κ1) is 9.41. The van der Waals surface area contributed by atoms with E-state index in [1.807, 2.05) is 0 Å². The Labute approximate surface area is 91.9 Å². The zero-order chi connectivity index (χ0) is 10.5. The van der Waals surface area contributed by atoms with Gasteiger partial charge in [-0.05, 0) is 47.9 Å². The third kappa shape index (κ3) is 1.33. The van der Waals surface area contributed by atoms with E-state index in [0.717, 1.165) is 6.54 Å². The number of rotatable bonds is 0. The number of nitrogens with one attached hydrogen (secondary N) is 1. The van der Waals surface area contributed by atoms with Gasteiger partial charge in [-0.3, -0.25) is 0 Å². The molecule has 0 radical (unpaired) electrons. The molecular weight excluding hydrogens is 182 g/mol. The fourth-order valence-electron chi connectivity index (χ4n) is 3.20. The zero-order valence-electron chi connectivity index (χ0n) is 9.64. The minimum absolute atomic E-state index is 0.376. The highest BCUT2D eigenvalue weighted by Gasteiger charge is 2.34. The van der Waals surface area contributed by atoms with Gasteiger partial charge in [0.15, 0.2) is 0 Å². The molecule has 0 aromatic heterocycles. The molecule has 80 valence electrons. The van der Waals surface area contributed by atoms with E-state index in [1.54, 1.807) is 16.7 Å². The van der Waals surface area contributed by atoms with Crippen molar-refractivity contribution in [2.75, 3.05) is 6.54 Å². The Morgan fingerprint density at radius 2 is 2.20 bits per heavy atom. The molecule has 1 N–H and O–H groups in total. The first-order valence-corrected chi connectivity index (χ1v) is 6.04. The smallest absolute Gasteiger partial charge is 0.0326 e. The van der Waals surface area contributed by atoms with Crippen molar-refractivity contribution in [3.05, 3.63) is 34.9 Å². The molecule has 1 unspecified atom stereocenters. The lowest BCUT2D eigenvalue weighted by atomic mass is 9.68. The fourth-order valence-corrected chi connectivity index (χ4v) is 3.20. The molecule has 3 rings (SSSR count). The summed E-state index contributed by atoms with van der Waals surface area (Å²) in [7, 11) is 0. The van der Waals surface area contributed by atoms with Gasteiger partial charge in [0, 0.05) is 6.04 Å². The van der Waals surface area contributed by atoms with Gasteiger partial charge in [-0.15, -0.1) is 0 Å². The van der Waals surface area contributed by atoms with Crippen LogP contribution in [0.1, 0.15) is 49.4 Å². The highest BCUT2D eigenvalue weighted by Crippen LogP contribution is 2.44. The number of hydrogen-bond donors (Lipinski definition) is 1. The van der Waals surface area contributed by atoms with Crippen molar-refractivity contribution in [2.24, 2.45) is 0 Å². The largest absolute Gasteiger partial charge is 0.310 e. The Balaban J connectivity index is 2.22. The quantitative estimate of drug-likeness (QED) is 0.680.